The molecule has 6 rings (SSSR count). The van der Waals surface area contributed by atoms with Crippen LogP contribution in [0.2, 0.25) is 0 Å². The van der Waals surface area contributed by atoms with E-state index in [2.05, 4.69) is 35.5 Å². The zero-order valence-electron chi connectivity index (χ0n) is 22.7. The maximum Gasteiger partial charge on any atom is 0.161 e. The van der Waals surface area contributed by atoms with E-state index in [1.165, 1.54) is 18.3 Å². The molecule has 10 nitrogen and oxygen atoms in total. The summed E-state index contributed by atoms with van der Waals surface area (Å²) in [6.45, 7) is 3.39. The van der Waals surface area contributed by atoms with E-state index in [0.29, 0.717) is 45.5 Å². The average molecular weight is 589 g/mol. The van der Waals surface area contributed by atoms with Crippen molar-refractivity contribution in [2.24, 2.45) is 0 Å². The molecule has 0 aliphatic carbocycles. The lowest BCUT2D eigenvalue weighted by Crippen LogP contribution is -2.11. The van der Waals surface area contributed by atoms with Gasteiger partial charge < -0.3 is 10.3 Å². The van der Waals surface area contributed by atoms with E-state index in [1.807, 2.05) is 13.0 Å². The van der Waals surface area contributed by atoms with E-state index in [1.54, 1.807) is 30.7 Å². The lowest BCUT2D eigenvalue weighted by molar-refractivity contribution is 0.600. The highest BCUT2D eigenvalue weighted by atomic mass is 32.2. The van der Waals surface area contributed by atoms with Gasteiger partial charge in [0.1, 0.15) is 32.6 Å². The third-order valence-corrected chi connectivity index (χ3v) is 7.76. The summed E-state index contributed by atoms with van der Waals surface area (Å²) < 4.78 is 53.9. The van der Waals surface area contributed by atoms with Crippen LogP contribution in [0.4, 0.5) is 8.78 Å². The van der Waals surface area contributed by atoms with Gasteiger partial charge in [-0.3, -0.25) is 20.1 Å². The Morgan fingerprint density at radius 3 is 2.57 bits per heavy atom. The van der Waals surface area contributed by atoms with Gasteiger partial charge in [-0.25, -0.2) is 22.2 Å². The summed E-state index contributed by atoms with van der Waals surface area (Å²) in [5, 5.41) is 10.6. The van der Waals surface area contributed by atoms with E-state index in [-0.39, 0.29) is 34.8 Å². The van der Waals surface area contributed by atoms with Crippen LogP contribution in [0.25, 0.3) is 56.0 Å². The maximum atomic E-state index is 16.1. The van der Waals surface area contributed by atoms with Crippen LogP contribution in [0.5, 0.6) is 0 Å². The average Bonchev–Trinajstić information content (AvgIpc) is 3.59. The molecule has 5 heterocycles. The van der Waals surface area contributed by atoms with Crippen molar-refractivity contribution in [2.75, 3.05) is 18.6 Å². The molecule has 0 aliphatic heterocycles. The number of H-pyrrole nitrogens is 2. The number of aromatic amines is 2. The summed E-state index contributed by atoms with van der Waals surface area (Å²) in [4.78, 5) is 20.9. The fourth-order valence-corrected chi connectivity index (χ4v) is 5.43. The van der Waals surface area contributed by atoms with Crippen molar-refractivity contribution in [3.05, 3.63) is 77.9 Å². The van der Waals surface area contributed by atoms with Gasteiger partial charge in [0.05, 0.1) is 34.1 Å². The van der Waals surface area contributed by atoms with Crippen molar-refractivity contribution in [3.8, 4) is 34.0 Å². The van der Waals surface area contributed by atoms with Crippen LogP contribution in [0, 0.1) is 11.6 Å². The highest BCUT2D eigenvalue weighted by molar-refractivity contribution is 7.90. The van der Waals surface area contributed by atoms with Crippen LogP contribution >= 0.6 is 0 Å². The summed E-state index contributed by atoms with van der Waals surface area (Å²) in [7, 11) is -3.22. The number of sulfone groups is 1. The number of nitrogens with one attached hydrogen (secondary N) is 3. The molecule has 0 atom stereocenters. The molecule has 5 aromatic heterocycles. The number of hydrogen-bond donors (Lipinski definition) is 3. The topological polar surface area (TPSA) is 142 Å². The van der Waals surface area contributed by atoms with Gasteiger partial charge in [-0.1, -0.05) is 6.92 Å². The molecule has 0 saturated carbocycles. The van der Waals surface area contributed by atoms with Gasteiger partial charge in [0.2, 0.25) is 0 Å². The zero-order chi connectivity index (χ0) is 29.4. The standard InChI is InChI=1S/C29H26F2N8O2S/c1-3-32-12-17-9-19(14-33-13-17)25-24(31)23-22(15-35-25)38-39-28(23)29-36-21-4-6-34-26(27(21)37-29)18-8-16(10-20(30)11-18)5-7-42(2,40)41/h4,6,8-11,13-15,32H,3,5,7,12H2,1-2H3,(H,36,37)(H,38,39). The van der Waals surface area contributed by atoms with E-state index >= 15 is 4.39 Å². The number of fused-ring (bicyclic) bond motifs is 2. The van der Waals surface area contributed by atoms with Gasteiger partial charge >= 0.3 is 0 Å². The quantitative estimate of drug-likeness (QED) is 0.223. The van der Waals surface area contributed by atoms with Gasteiger partial charge in [0.15, 0.2) is 11.6 Å². The fraction of sp³-hybridized carbons (Fsp3) is 0.207. The smallest absolute Gasteiger partial charge is 0.161 e. The molecule has 214 valence electrons. The monoisotopic (exact) mass is 588 g/mol. The molecule has 3 N–H and O–H groups in total. The Kier molecular flexibility index (Phi) is 7.21. The second kappa shape index (κ2) is 11.0. The fourth-order valence-electron chi connectivity index (χ4n) is 4.82. The van der Waals surface area contributed by atoms with Crippen molar-refractivity contribution < 1.29 is 17.2 Å². The van der Waals surface area contributed by atoms with Crippen LogP contribution in [0.15, 0.2) is 55.1 Å². The minimum atomic E-state index is -3.22. The summed E-state index contributed by atoms with van der Waals surface area (Å²) >= 11 is 0. The second-order valence-corrected chi connectivity index (χ2v) is 12.3. The minimum Gasteiger partial charge on any atom is -0.336 e. The van der Waals surface area contributed by atoms with Crippen molar-refractivity contribution >= 4 is 31.8 Å². The number of imidazole rings is 1. The molecule has 1 aromatic carbocycles. The predicted octanol–water partition coefficient (Wildman–Crippen LogP) is 4.60. The number of nitrogens with zero attached hydrogens (tertiary/aromatic N) is 5. The van der Waals surface area contributed by atoms with Gasteiger partial charge in [0, 0.05) is 42.5 Å². The highest BCUT2D eigenvalue weighted by Gasteiger charge is 2.22. The minimum absolute atomic E-state index is 0.106. The predicted molar refractivity (Wildman–Crippen MR) is 156 cm³/mol. The van der Waals surface area contributed by atoms with Crippen LogP contribution in [-0.2, 0) is 22.8 Å². The number of pyridine rings is 3. The Morgan fingerprint density at radius 2 is 1.76 bits per heavy atom. The first-order valence-corrected chi connectivity index (χ1v) is 15.3. The Labute approximate surface area is 239 Å². The number of halogens is 2. The third-order valence-electron chi connectivity index (χ3n) is 6.81. The number of hydrogen-bond acceptors (Lipinski definition) is 8. The number of benzene rings is 1. The molecular formula is C29H26F2N8O2S. The second-order valence-electron chi connectivity index (χ2n) is 10.0. The molecule has 0 fully saturated rings. The molecule has 0 aliphatic rings. The third kappa shape index (κ3) is 5.48. The zero-order valence-corrected chi connectivity index (χ0v) is 23.6. The summed E-state index contributed by atoms with van der Waals surface area (Å²) in [6, 6.07) is 7.87. The Hall–Kier alpha value is -4.62. The highest BCUT2D eigenvalue weighted by Crippen LogP contribution is 2.34. The summed E-state index contributed by atoms with van der Waals surface area (Å²) in [5.41, 5.74) is 4.58. The SMILES string of the molecule is CCNCc1cncc(-c2ncc3[nH]nc(-c4nc5c(-c6cc(F)cc(CCS(C)(=O)=O)c6)nccc5[nH]4)c3c2F)c1. The largest absolute Gasteiger partial charge is 0.336 e. The van der Waals surface area contributed by atoms with Crippen LogP contribution < -0.4 is 5.32 Å². The maximum absolute atomic E-state index is 16.1. The van der Waals surface area contributed by atoms with Gasteiger partial charge in [0.25, 0.3) is 0 Å². The van der Waals surface area contributed by atoms with Gasteiger partial charge in [-0.05, 0) is 54.4 Å². The molecule has 6 aromatic rings. The molecular weight excluding hydrogens is 562 g/mol. The van der Waals surface area contributed by atoms with Crippen molar-refractivity contribution in [3.63, 3.8) is 0 Å². The van der Waals surface area contributed by atoms with Gasteiger partial charge in [-0.2, -0.15) is 5.10 Å². The van der Waals surface area contributed by atoms with Crippen LogP contribution in [0.1, 0.15) is 18.1 Å². The Balaban J connectivity index is 1.42. The van der Waals surface area contributed by atoms with Crippen molar-refractivity contribution in [2.45, 2.75) is 19.9 Å². The van der Waals surface area contributed by atoms with E-state index in [0.717, 1.165) is 18.4 Å². The Bertz CT molecular complexity index is 2060. The molecule has 0 radical (unpaired) electrons. The lowest BCUT2D eigenvalue weighted by Gasteiger charge is -2.07. The van der Waals surface area contributed by atoms with E-state index in [9.17, 15) is 12.8 Å². The first kappa shape index (κ1) is 27.5. The first-order valence-electron chi connectivity index (χ1n) is 13.2. The molecule has 0 unspecified atom stereocenters. The van der Waals surface area contributed by atoms with E-state index in [4.69, 9.17) is 4.98 Å². The van der Waals surface area contributed by atoms with Crippen LogP contribution in [-0.4, -0.2) is 62.1 Å². The molecule has 0 spiro atoms. The summed E-state index contributed by atoms with van der Waals surface area (Å²) in [6.07, 6.45) is 7.66. The number of aryl methyl sites for hydroxylation is 1. The number of aromatic nitrogens is 7. The normalized spacial score (nSPS) is 12.0. The van der Waals surface area contributed by atoms with Crippen molar-refractivity contribution in [1.82, 2.24) is 40.4 Å². The summed E-state index contributed by atoms with van der Waals surface area (Å²) in [5.74, 6) is -0.910. The van der Waals surface area contributed by atoms with Crippen LogP contribution in [0.3, 0.4) is 0 Å². The number of rotatable bonds is 9. The lowest BCUT2D eigenvalue weighted by atomic mass is 10.0. The molecule has 42 heavy (non-hydrogen) atoms. The van der Waals surface area contributed by atoms with E-state index < -0.39 is 21.5 Å². The molecule has 0 amide bonds. The first-order chi connectivity index (χ1) is 20.2. The Morgan fingerprint density at radius 1 is 0.929 bits per heavy atom. The molecule has 0 saturated heterocycles. The molecule has 13 heteroatoms. The molecule has 0 bridgehead atoms. The van der Waals surface area contributed by atoms with Crippen molar-refractivity contribution in [1.29, 1.82) is 0 Å². The van der Waals surface area contributed by atoms with Gasteiger partial charge in [-0.15, -0.1) is 0 Å².